The van der Waals surface area contributed by atoms with E-state index in [4.69, 9.17) is 0 Å². The summed E-state index contributed by atoms with van der Waals surface area (Å²) in [6.07, 6.45) is 3.52. The van der Waals surface area contributed by atoms with Crippen LogP contribution in [0.4, 0.5) is 0 Å². The van der Waals surface area contributed by atoms with Gasteiger partial charge in [-0.25, -0.2) is 4.98 Å². The molecule has 0 amide bonds. The average molecular weight is 243 g/mol. The van der Waals surface area contributed by atoms with Gasteiger partial charge in [-0.05, 0) is 28.9 Å². The first-order valence-electron chi connectivity index (χ1n) is 3.52. The lowest BCUT2D eigenvalue weighted by Crippen LogP contribution is -1.66. The minimum Gasteiger partial charge on any atom is -0.344 e. The summed E-state index contributed by atoms with van der Waals surface area (Å²) >= 11 is 5.23. The number of nitrogens with one attached hydrogen (secondary N) is 1. The van der Waals surface area contributed by atoms with Crippen LogP contribution >= 0.6 is 27.3 Å². The van der Waals surface area contributed by atoms with Crippen molar-refractivity contribution in [1.82, 2.24) is 9.97 Å². The van der Waals surface area contributed by atoms with Gasteiger partial charge in [0, 0.05) is 9.35 Å². The highest BCUT2D eigenvalue weighted by atomic mass is 79.9. The second kappa shape index (κ2) is 3.03. The molecule has 0 aliphatic rings. The Balaban J connectivity index is 2.48. The maximum Gasteiger partial charge on any atom is 0.0924 e. The number of rotatable bonds is 1. The van der Waals surface area contributed by atoms with Crippen molar-refractivity contribution in [1.29, 1.82) is 0 Å². The molecule has 0 radical (unpaired) electrons. The third-order valence-electron chi connectivity index (χ3n) is 1.62. The minimum atomic E-state index is 1.08. The summed E-state index contributed by atoms with van der Waals surface area (Å²) in [5.41, 5.74) is 1.08. The van der Waals surface area contributed by atoms with Crippen molar-refractivity contribution in [2.45, 2.75) is 6.92 Å². The van der Waals surface area contributed by atoms with Gasteiger partial charge >= 0.3 is 0 Å². The first kappa shape index (κ1) is 8.01. The summed E-state index contributed by atoms with van der Waals surface area (Å²) in [7, 11) is 0. The molecule has 0 saturated carbocycles. The summed E-state index contributed by atoms with van der Waals surface area (Å²) in [5, 5.41) is 0. The van der Waals surface area contributed by atoms with E-state index in [2.05, 4.69) is 38.9 Å². The summed E-state index contributed by atoms with van der Waals surface area (Å²) in [6, 6.07) is 2.10. The van der Waals surface area contributed by atoms with E-state index in [1.165, 1.54) is 9.75 Å². The second-order valence-electron chi connectivity index (χ2n) is 2.48. The lowest BCUT2D eigenvalue weighted by Gasteiger charge is -1.86. The Morgan fingerprint density at radius 3 is 2.92 bits per heavy atom. The van der Waals surface area contributed by atoms with Crippen LogP contribution in [0.3, 0.4) is 0 Å². The smallest absolute Gasteiger partial charge is 0.0924 e. The van der Waals surface area contributed by atoms with E-state index in [0.717, 1.165) is 10.2 Å². The molecular weight excluding hydrogens is 236 g/mol. The molecule has 0 aliphatic heterocycles. The van der Waals surface area contributed by atoms with Gasteiger partial charge in [-0.15, -0.1) is 11.3 Å². The zero-order valence-electron chi connectivity index (χ0n) is 6.47. The van der Waals surface area contributed by atoms with E-state index in [-0.39, 0.29) is 0 Å². The number of thiophene rings is 1. The molecule has 0 atom stereocenters. The molecule has 0 bridgehead atoms. The lowest BCUT2D eigenvalue weighted by atomic mass is 10.4. The molecule has 2 aromatic rings. The van der Waals surface area contributed by atoms with Crippen LogP contribution in [-0.2, 0) is 0 Å². The third kappa shape index (κ3) is 1.32. The molecule has 12 heavy (non-hydrogen) atoms. The Morgan fingerprint density at radius 2 is 2.42 bits per heavy atom. The van der Waals surface area contributed by atoms with Crippen LogP contribution < -0.4 is 0 Å². The fourth-order valence-corrected chi connectivity index (χ4v) is 2.49. The van der Waals surface area contributed by atoms with Gasteiger partial charge in [-0.1, -0.05) is 0 Å². The van der Waals surface area contributed by atoms with Crippen LogP contribution in [-0.4, -0.2) is 9.97 Å². The Labute approximate surface area is 82.8 Å². The van der Waals surface area contributed by atoms with Gasteiger partial charge in [0.2, 0.25) is 0 Å². The minimum absolute atomic E-state index is 1.08. The molecule has 0 saturated heterocycles. The van der Waals surface area contributed by atoms with Crippen molar-refractivity contribution in [2.75, 3.05) is 0 Å². The third-order valence-corrected chi connectivity index (χ3v) is 3.79. The van der Waals surface area contributed by atoms with Crippen LogP contribution in [0.5, 0.6) is 0 Å². The molecule has 0 aliphatic carbocycles. The van der Waals surface area contributed by atoms with Crippen molar-refractivity contribution >= 4 is 27.3 Å². The number of H-pyrrole nitrogens is 1. The molecule has 0 aromatic carbocycles. The molecule has 2 nitrogen and oxygen atoms in total. The molecular formula is C8H7BrN2S. The number of hydrogen-bond donors (Lipinski definition) is 1. The van der Waals surface area contributed by atoms with Gasteiger partial charge < -0.3 is 4.98 Å². The van der Waals surface area contributed by atoms with Gasteiger partial charge in [0.05, 0.1) is 23.1 Å². The van der Waals surface area contributed by atoms with E-state index in [9.17, 15) is 0 Å². The number of halogens is 1. The van der Waals surface area contributed by atoms with E-state index < -0.39 is 0 Å². The first-order chi connectivity index (χ1) is 5.77. The monoisotopic (exact) mass is 242 g/mol. The van der Waals surface area contributed by atoms with Crippen molar-refractivity contribution in [3.8, 4) is 10.6 Å². The number of aromatic nitrogens is 2. The quantitative estimate of drug-likeness (QED) is 0.818. The van der Waals surface area contributed by atoms with Gasteiger partial charge in [0.25, 0.3) is 0 Å². The van der Waals surface area contributed by atoms with Crippen LogP contribution in [0, 0.1) is 6.92 Å². The summed E-state index contributed by atoms with van der Waals surface area (Å²) in [4.78, 5) is 9.56. The average Bonchev–Trinajstić information content (AvgIpc) is 2.61. The highest BCUT2D eigenvalue weighted by Crippen LogP contribution is 2.32. The van der Waals surface area contributed by atoms with Gasteiger partial charge in [-0.3, -0.25) is 0 Å². The van der Waals surface area contributed by atoms with Crippen molar-refractivity contribution in [2.24, 2.45) is 0 Å². The highest BCUT2D eigenvalue weighted by Gasteiger charge is 2.05. The van der Waals surface area contributed by atoms with Gasteiger partial charge in [0.1, 0.15) is 0 Å². The van der Waals surface area contributed by atoms with E-state index in [0.29, 0.717) is 0 Å². The van der Waals surface area contributed by atoms with Crippen molar-refractivity contribution in [3.63, 3.8) is 0 Å². The number of imidazole rings is 1. The Bertz CT molecular complexity index is 358. The van der Waals surface area contributed by atoms with Crippen LogP contribution in [0.25, 0.3) is 10.6 Å². The lowest BCUT2D eigenvalue weighted by molar-refractivity contribution is 1.32. The predicted molar refractivity (Wildman–Crippen MR) is 54.3 cm³/mol. The van der Waals surface area contributed by atoms with Gasteiger partial charge in [0.15, 0.2) is 0 Å². The maximum absolute atomic E-state index is 3.97. The Morgan fingerprint density at radius 1 is 1.58 bits per heavy atom. The van der Waals surface area contributed by atoms with Gasteiger partial charge in [-0.2, -0.15) is 0 Å². The van der Waals surface area contributed by atoms with Crippen LogP contribution in [0.2, 0.25) is 0 Å². The fourth-order valence-electron chi connectivity index (χ4n) is 0.983. The zero-order chi connectivity index (χ0) is 8.55. The number of aromatic amines is 1. The van der Waals surface area contributed by atoms with Crippen molar-refractivity contribution < 1.29 is 0 Å². The normalized spacial score (nSPS) is 10.5. The topological polar surface area (TPSA) is 28.7 Å². The first-order valence-corrected chi connectivity index (χ1v) is 5.13. The highest BCUT2D eigenvalue weighted by molar-refractivity contribution is 9.10. The summed E-state index contributed by atoms with van der Waals surface area (Å²) in [5.74, 6) is 0. The molecule has 0 unspecified atom stereocenters. The van der Waals surface area contributed by atoms with E-state index in [1.54, 1.807) is 17.7 Å². The Kier molecular flexibility index (Phi) is 2.02. The fraction of sp³-hybridized carbons (Fsp3) is 0.125. The molecule has 2 aromatic heterocycles. The maximum atomic E-state index is 3.97. The summed E-state index contributed by atoms with van der Waals surface area (Å²) < 4.78 is 1.16. The molecule has 2 rings (SSSR count). The predicted octanol–water partition coefficient (Wildman–Crippen LogP) is 3.21. The second-order valence-corrected chi connectivity index (χ2v) is 4.59. The van der Waals surface area contributed by atoms with Crippen molar-refractivity contribution in [3.05, 3.63) is 27.9 Å². The van der Waals surface area contributed by atoms with Crippen LogP contribution in [0.15, 0.2) is 23.1 Å². The molecule has 0 spiro atoms. The zero-order valence-corrected chi connectivity index (χ0v) is 8.87. The summed E-state index contributed by atoms with van der Waals surface area (Å²) in [6.45, 7) is 2.09. The molecule has 62 valence electrons. The molecule has 0 fully saturated rings. The Hall–Kier alpha value is -0.610. The molecule has 1 N–H and O–H groups in total. The molecule has 2 heterocycles. The largest absolute Gasteiger partial charge is 0.344 e. The number of hydrogen-bond acceptors (Lipinski definition) is 2. The molecule has 4 heteroatoms. The van der Waals surface area contributed by atoms with E-state index >= 15 is 0 Å². The number of nitrogens with zero attached hydrogens (tertiary/aromatic N) is 1. The SMILES string of the molecule is Cc1sc(-c2cnc[nH]2)cc1Br. The van der Waals surface area contributed by atoms with Crippen LogP contribution in [0.1, 0.15) is 4.88 Å². The standard InChI is InChI=1S/C8H7BrN2S/c1-5-6(9)2-8(12-5)7-3-10-4-11-7/h2-4H,1H3,(H,10,11). The number of aryl methyl sites for hydroxylation is 1. The van der Waals surface area contributed by atoms with E-state index in [1.807, 2.05) is 6.20 Å².